The van der Waals surface area contributed by atoms with E-state index >= 15 is 0 Å². The van der Waals surface area contributed by atoms with E-state index in [9.17, 15) is 26.5 Å². The van der Waals surface area contributed by atoms with Crippen LogP contribution in [0.15, 0.2) is 30.3 Å². The van der Waals surface area contributed by atoms with Crippen LogP contribution >= 0.6 is 7.60 Å². The molecule has 1 atom stereocenters. The van der Waals surface area contributed by atoms with E-state index in [1.165, 1.54) is 37.6 Å². The fourth-order valence-corrected chi connectivity index (χ4v) is 3.28. The van der Waals surface area contributed by atoms with Crippen molar-refractivity contribution in [1.82, 2.24) is 0 Å². The molecule has 1 radical (unpaired) electrons. The van der Waals surface area contributed by atoms with Crippen molar-refractivity contribution in [3.8, 4) is 11.5 Å². The van der Waals surface area contributed by atoms with Crippen LogP contribution in [0, 0.1) is 35.5 Å². The highest BCUT2D eigenvalue weighted by Gasteiger charge is 2.34. The minimum absolute atomic E-state index is 0.0477. The molecule has 0 aliphatic heterocycles. The van der Waals surface area contributed by atoms with E-state index in [2.05, 4.69) is 4.52 Å². The van der Waals surface area contributed by atoms with Crippen LogP contribution in [0.4, 0.5) is 22.0 Å². The van der Waals surface area contributed by atoms with Crippen LogP contribution in [-0.4, -0.2) is 6.16 Å². The molecule has 0 saturated heterocycles. The summed E-state index contributed by atoms with van der Waals surface area (Å²) >= 11 is 0. The lowest BCUT2D eigenvalue weighted by molar-refractivity contribution is 0.326. The van der Waals surface area contributed by atoms with Gasteiger partial charge < -0.3 is 9.05 Å². The van der Waals surface area contributed by atoms with Gasteiger partial charge in [-0.3, -0.25) is 0 Å². The summed E-state index contributed by atoms with van der Waals surface area (Å²) < 4.78 is 89.2. The van der Waals surface area contributed by atoms with Gasteiger partial charge >= 0.3 is 7.60 Å². The van der Waals surface area contributed by atoms with Gasteiger partial charge in [0.05, 0.1) is 6.16 Å². The van der Waals surface area contributed by atoms with Crippen LogP contribution in [0.1, 0.15) is 6.92 Å². The zero-order valence-electron chi connectivity index (χ0n) is 12.2. The standard InChI is InChI=1S/C15H11F5O3P/c1-2-8-24(21,22-9-6-4-3-5-7-9)23-15-13(19)11(17)10(16)12(18)14(15)20/h2-7H,8H2,1H3/t24-/m1/s1. The van der Waals surface area contributed by atoms with Crippen molar-refractivity contribution < 1.29 is 35.6 Å². The van der Waals surface area contributed by atoms with Crippen molar-refractivity contribution >= 4 is 7.60 Å². The lowest BCUT2D eigenvalue weighted by Crippen LogP contribution is -2.10. The predicted molar refractivity (Wildman–Crippen MR) is 76.4 cm³/mol. The maximum atomic E-state index is 13.7. The van der Waals surface area contributed by atoms with Gasteiger partial charge in [-0.2, -0.15) is 8.78 Å². The largest absolute Gasteiger partial charge is 0.431 e. The first-order valence-electron chi connectivity index (χ1n) is 6.61. The average Bonchev–Trinajstić information content (AvgIpc) is 2.56. The Balaban J connectivity index is 2.43. The quantitative estimate of drug-likeness (QED) is 0.303. The molecular formula is C15H11F5O3P. The molecule has 0 unspecified atom stereocenters. The molecule has 0 N–H and O–H groups in total. The lowest BCUT2D eigenvalue weighted by atomic mass is 10.3. The van der Waals surface area contributed by atoms with E-state index in [0.717, 1.165) is 0 Å². The number of hydrogen-bond acceptors (Lipinski definition) is 3. The molecule has 0 heterocycles. The highest BCUT2D eigenvalue weighted by atomic mass is 31.2. The topological polar surface area (TPSA) is 35.5 Å². The fraction of sp³-hybridized carbons (Fsp3) is 0.133. The van der Waals surface area contributed by atoms with Gasteiger partial charge in [-0.25, -0.2) is 17.7 Å². The van der Waals surface area contributed by atoms with E-state index in [1.807, 2.05) is 0 Å². The molecule has 3 nitrogen and oxygen atoms in total. The minimum atomic E-state index is -4.26. The van der Waals surface area contributed by atoms with Gasteiger partial charge in [0.15, 0.2) is 0 Å². The molecule has 0 amide bonds. The molecule has 0 aliphatic rings. The summed E-state index contributed by atoms with van der Waals surface area (Å²) in [5, 5.41) is 0. The summed E-state index contributed by atoms with van der Waals surface area (Å²) in [6.45, 7) is 1.46. The normalized spacial score (nSPS) is 13.4. The maximum absolute atomic E-state index is 13.7. The van der Waals surface area contributed by atoms with E-state index in [4.69, 9.17) is 4.52 Å². The summed E-state index contributed by atoms with van der Waals surface area (Å²) in [6, 6.07) is 7.49. The van der Waals surface area contributed by atoms with Crippen molar-refractivity contribution in [2.45, 2.75) is 6.92 Å². The van der Waals surface area contributed by atoms with Crippen molar-refractivity contribution in [2.24, 2.45) is 0 Å². The molecule has 0 bridgehead atoms. The van der Waals surface area contributed by atoms with Gasteiger partial charge in [-0.15, -0.1) is 0 Å². The van der Waals surface area contributed by atoms with Crippen molar-refractivity contribution in [3.05, 3.63) is 65.8 Å². The first-order valence-corrected chi connectivity index (χ1v) is 8.34. The third-order valence-electron chi connectivity index (χ3n) is 2.79. The zero-order valence-corrected chi connectivity index (χ0v) is 13.1. The maximum Gasteiger partial charge on any atom is 0.431 e. The number of rotatable bonds is 6. The summed E-state index contributed by atoms with van der Waals surface area (Å²) in [6.07, 6.45) is 0.900. The number of halogens is 5. The van der Waals surface area contributed by atoms with Gasteiger partial charge in [0, 0.05) is 0 Å². The molecule has 0 aromatic heterocycles. The Bertz CT molecular complexity index is 753. The Morgan fingerprint density at radius 1 is 0.875 bits per heavy atom. The second kappa shape index (κ2) is 7.21. The second-order valence-corrected chi connectivity index (χ2v) is 6.55. The molecule has 0 fully saturated rings. The SMILES string of the molecule is C[CH]C[P@@](=O)(Oc1ccccc1)Oc1c(F)c(F)c(F)c(F)c1F. The van der Waals surface area contributed by atoms with Crippen molar-refractivity contribution in [2.75, 3.05) is 6.16 Å². The fourth-order valence-electron chi connectivity index (χ4n) is 1.76. The highest BCUT2D eigenvalue weighted by Crippen LogP contribution is 2.50. The molecule has 0 spiro atoms. The van der Waals surface area contributed by atoms with Gasteiger partial charge in [0.2, 0.25) is 34.8 Å². The van der Waals surface area contributed by atoms with E-state index in [1.54, 1.807) is 6.07 Å². The van der Waals surface area contributed by atoms with Crippen molar-refractivity contribution in [1.29, 1.82) is 0 Å². The number of benzene rings is 2. The Hall–Kier alpha value is -2.08. The van der Waals surface area contributed by atoms with E-state index in [-0.39, 0.29) is 5.75 Å². The molecular weight excluding hydrogens is 354 g/mol. The molecule has 129 valence electrons. The van der Waals surface area contributed by atoms with Crippen LogP contribution in [0.3, 0.4) is 0 Å². The van der Waals surface area contributed by atoms with Crippen LogP contribution in [0.5, 0.6) is 11.5 Å². The van der Waals surface area contributed by atoms with Crippen molar-refractivity contribution in [3.63, 3.8) is 0 Å². The van der Waals surface area contributed by atoms with Crippen LogP contribution in [0.25, 0.3) is 0 Å². The van der Waals surface area contributed by atoms with Gasteiger partial charge in [0.1, 0.15) is 5.75 Å². The molecule has 2 aromatic rings. The predicted octanol–water partition coefficient (Wildman–Crippen LogP) is 5.26. The van der Waals surface area contributed by atoms with Crippen LogP contribution in [-0.2, 0) is 4.57 Å². The second-order valence-electron chi connectivity index (χ2n) is 4.60. The highest BCUT2D eigenvalue weighted by molar-refractivity contribution is 7.54. The van der Waals surface area contributed by atoms with Gasteiger partial charge in [-0.05, 0) is 18.6 Å². The lowest BCUT2D eigenvalue weighted by Gasteiger charge is -2.20. The molecule has 9 heteroatoms. The number of hydrogen-bond donors (Lipinski definition) is 0. The summed E-state index contributed by atoms with van der Waals surface area (Å²) in [7, 11) is -4.26. The zero-order chi connectivity index (χ0) is 17.9. The van der Waals surface area contributed by atoms with Gasteiger partial charge in [-0.1, -0.05) is 25.1 Å². The third kappa shape index (κ3) is 3.70. The molecule has 24 heavy (non-hydrogen) atoms. The Kier molecular flexibility index (Phi) is 5.49. The monoisotopic (exact) mass is 365 g/mol. The summed E-state index contributed by atoms with van der Waals surface area (Å²) in [5.74, 6) is -12.8. The van der Waals surface area contributed by atoms with E-state index < -0.39 is 48.6 Å². The number of para-hydroxylation sites is 1. The first kappa shape index (κ1) is 18.3. The smallest absolute Gasteiger partial charge is 0.416 e. The van der Waals surface area contributed by atoms with Crippen LogP contribution < -0.4 is 9.05 Å². The molecule has 2 rings (SSSR count). The van der Waals surface area contributed by atoms with Gasteiger partial charge in [0.25, 0.3) is 0 Å². The minimum Gasteiger partial charge on any atom is -0.416 e. The first-order chi connectivity index (χ1) is 11.3. The average molecular weight is 365 g/mol. The summed E-state index contributed by atoms with van der Waals surface area (Å²) in [4.78, 5) is 0. The Morgan fingerprint density at radius 2 is 1.38 bits per heavy atom. The Morgan fingerprint density at radius 3 is 1.88 bits per heavy atom. The third-order valence-corrected chi connectivity index (χ3v) is 4.56. The Labute approximate surface area is 134 Å². The van der Waals surface area contributed by atoms with E-state index in [0.29, 0.717) is 0 Å². The molecule has 0 aliphatic carbocycles. The van der Waals surface area contributed by atoms with Crippen LogP contribution in [0.2, 0.25) is 0 Å². The summed E-state index contributed by atoms with van der Waals surface area (Å²) in [5.41, 5.74) is 0. The molecule has 0 saturated carbocycles. The molecule has 2 aromatic carbocycles.